The highest BCUT2D eigenvalue weighted by Gasteiger charge is 2.18. The fraction of sp³-hybridized carbons (Fsp3) is 0.269. The topological polar surface area (TPSA) is 68.8 Å². The Morgan fingerprint density at radius 3 is 2.39 bits per heavy atom. The largest absolute Gasteiger partial charge is 0.354 e. The lowest BCUT2D eigenvalue weighted by Crippen LogP contribution is -2.46. The van der Waals surface area contributed by atoms with Gasteiger partial charge in [-0.1, -0.05) is 18.2 Å². The highest BCUT2D eigenvalue weighted by Crippen LogP contribution is 2.18. The van der Waals surface area contributed by atoms with Gasteiger partial charge in [-0.2, -0.15) is 0 Å². The van der Waals surface area contributed by atoms with Crippen LogP contribution in [0.5, 0.6) is 0 Å². The van der Waals surface area contributed by atoms with Crippen molar-refractivity contribution in [2.45, 2.75) is 13.5 Å². The first-order valence-corrected chi connectivity index (χ1v) is 11.1. The minimum absolute atomic E-state index is 0.0536. The predicted octanol–water partition coefficient (Wildman–Crippen LogP) is 3.64. The number of hydrogen-bond acceptors (Lipinski definition) is 5. The van der Waals surface area contributed by atoms with Crippen LogP contribution in [0.4, 0.5) is 17.2 Å². The second-order valence-corrected chi connectivity index (χ2v) is 8.23. The summed E-state index contributed by atoms with van der Waals surface area (Å²) in [5.41, 5.74) is 3.24. The summed E-state index contributed by atoms with van der Waals surface area (Å²) in [4.78, 5) is 34.9. The first kappa shape index (κ1) is 22.5. The molecular weight excluding hydrogens is 414 g/mol. The average Bonchev–Trinajstić information content (AvgIpc) is 2.85. The van der Waals surface area contributed by atoms with E-state index in [1.807, 2.05) is 36.5 Å². The first-order chi connectivity index (χ1) is 16.0. The summed E-state index contributed by atoms with van der Waals surface area (Å²) in [7, 11) is 1.71. The lowest BCUT2D eigenvalue weighted by molar-refractivity contribution is -0.116. The van der Waals surface area contributed by atoms with Crippen molar-refractivity contribution in [1.29, 1.82) is 0 Å². The van der Waals surface area contributed by atoms with Gasteiger partial charge in [0.1, 0.15) is 5.82 Å². The maximum absolute atomic E-state index is 12.7. The zero-order chi connectivity index (χ0) is 23.2. The monoisotopic (exact) mass is 443 g/mol. The van der Waals surface area contributed by atoms with Crippen LogP contribution < -0.4 is 15.1 Å². The van der Waals surface area contributed by atoms with Gasteiger partial charge >= 0.3 is 0 Å². The highest BCUT2D eigenvalue weighted by atomic mass is 16.2. The number of pyridine rings is 1. The van der Waals surface area contributed by atoms with E-state index in [0.29, 0.717) is 5.56 Å². The normalized spacial score (nSPS) is 14.1. The molecule has 1 saturated heterocycles. The predicted molar refractivity (Wildman–Crippen MR) is 132 cm³/mol. The van der Waals surface area contributed by atoms with E-state index < -0.39 is 0 Å². The number of nitrogens with zero attached hydrogens (tertiary/aromatic N) is 4. The fourth-order valence-electron chi connectivity index (χ4n) is 3.90. The lowest BCUT2D eigenvalue weighted by Gasteiger charge is -2.35. The van der Waals surface area contributed by atoms with E-state index in [1.54, 1.807) is 36.2 Å². The molecule has 2 heterocycles. The molecule has 0 spiro atoms. The molecule has 0 saturated carbocycles. The molecule has 3 aromatic rings. The van der Waals surface area contributed by atoms with Gasteiger partial charge in [-0.05, 0) is 54.1 Å². The highest BCUT2D eigenvalue weighted by molar-refractivity contribution is 6.04. The number of piperazine rings is 1. The van der Waals surface area contributed by atoms with Crippen LogP contribution in [0.2, 0.25) is 0 Å². The van der Waals surface area contributed by atoms with Crippen molar-refractivity contribution < 1.29 is 9.59 Å². The molecule has 1 aliphatic heterocycles. The lowest BCUT2D eigenvalue weighted by atomic mass is 10.1. The molecule has 7 heteroatoms. The number of carbonyl (C=O) groups excluding carboxylic acids is 2. The Kier molecular flexibility index (Phi) is 7.00. The van der Waals surface area contributed by atoms with Crippen LogP contribution in [0.3, 0.4) is 0 Å². The number of rotatable bonds is 6. The summed E-state index contributed by atoms with van der Waals surface area (Å²) in [6, 6.07) is 21.0. The van der Waals surface area contributed by atoms with Gasteiger partial charge < -0.3 is 15.1 Å². The first-order valence-electron chi connectivity index (χ1n) is 11.1. The molecule has 0 atom stereocenters. The summed E-state index contributed by atoms with van der Waals surface area (Å²) in [5.74, 6) is 0.804. The Balaban J connectivity index is 1.32. The van der Waals surface area contributed by atoms with Crippen LogP contribution in [-0.2, 0) is 11.3 Å². The van der Waals surface area contributed by atoms with Crippen LogP contribution >= 0.6 is 0 Å². The molecule has 0 unspecified atom stereocenters. The third kappa shape index (κ3) is 5.75. The van der Waals surface area contributed by atoms with E-state index in [9.17, 15) is 9.59 Å². The Bertz CT molecular complexity index is 1090. The smallest absolute Gasteiger partial charge is 0.255 e. The molecule has 33 heavy (non-hydrogen) atoms. The molecule has 170 valence electrons. The van der Waals surface area contributed by atoms with Gasteiger partial charge in [0.25, 0.3) is 5.91 Å². The van der Waals surface area contributed by atoms with Crippen molar-refractivity contribution >= 4 is 29.0 Å². The number of aromatic nitrogens is 1. The second-order valence-electron chi connectivity index (χ2n) is 8.23. The van der Waals surface area contributed by atoms with Crippen molar-refractivity contribution in [2.24, 2.45) is 0 Å². The van der Waals surface area contributed by atoms with E-state index in [2.05, 4.69) is 32.2 Å². The second kappa shape index (κ2) is 10.3. The maximum atomic E-state index is 12.7. The molecule has 2 amide bonds. The standard InChI is InChI=1S/C26H29N5O2/c1-20(32)29(2)24-11-9-22(10-12-24)26(33)28-23-7-5-6-21(18-23)19-30-14-16-31(17-15-30)25-8-3-4-13-27-25/h3-13,18H,14-17,19H2,1-2H3,(H,28,33). The van der Waals surface area contributed by atoms with Crippen LogP contribution in [-0.4, -0.2) is 54.9 Å². The zero-order valence-corrected chi connectivity index (χ0v) is 19.1. The molecule has 4 rings (SSSR count). The minimum atomic E-state index is -0.173. The maximum Gasteiger partial charge on any atom is 0.255 e. The molecule has 1 aliphatic rings. The van der Waals surface area contributed by atoms with E-state index >= 15 is 0 Å². The molecule has 7 nitrogen and oxygen atoms in total. The SMILES string of the molecule is CC(=O)N(C)c1ccc(C(=O)Nc2cccc(CN3CCN(c4ccccn4)CC3)c2)cc1. The van der Waals surface area contributed by atoms with E-state index in [1.165, 1.54) is 6.92 Å². The Hall–Kier alpha value is -3.71. The van der Waals surface area contributed by atoms with Crippen LogP contribution in [0.15, 0.2) is 72.9 Å². The van der Waals surface area contributed by atoms with Gasteiger partial charge in [0, 0.05) is 69.8 Å². The van der Waals surface area contributed by atoms with Gasteiger partial charge in [0.2, 0.25) is 5.91 Å². The fourth-order valence-corrected chi connectivity index (χ4v) is 3.90. The van der Waals surface area contributed by atoms with Gasteiger partial charge in [-0.3, -0.25) is 14.5 Å². The van der Waals surface area contributed by atoms with E-state index in [4.69, 9.17) is 0 Å². The van der Waals surface area contributed by atoms with Crippen molar-refractivity contribution in [3.05, 3.63) is 84.1 Å². The zero-order valence-electron chi connectivity index (χ0n) is 19.1. The summed E-state index contributed by atoms with van der Waals surface area (Å²) in [5, 5.41) is 2.98. The van der Waals surface area contributed by atoms with Gasteiger partial charge in [0.05, 0.1) is 0 Å². The number of carbonyl (C=O) groups is 2. The summed E-state index contributed by atoms with van der Waals surface area (Å²) in [6.45, 7) is 6.17. The minimum Gasteiger partial charge on any atom is -0.354 e. The van der Waals surface area contributed by atoms with Crippen molar-refractivity contribution in [3.8, 4) is 0 Å². The molecule has 2 aromatic carbocycles. The van der Waals surface area contributed by atoms with Crippen molar-refractivity contribution in [2.75, 3.05) is 48.3 Å². The molecule has 1 N–H and O–H groups in total. The Morgan fingerprint density at radius 1 is 0.970 bits per heavy atom. The van der Waals surface area contributed by atoms with Crippen LogP contribution in [0.25, 0.3) is 0 Å². The van der Waals surface area contributed by atoms with Crippen LogP contribution in [0.1, 0.15) is 22.8 Å². The molecule has 1 fully saturated rings. The summed E-state index contributed by atoms with van der Waals surface area (Å²) < 4.78 is 0. The number of anilines is 3. The van der Waals surface area contributed by atoms with Gasteiger partial charge in [-0.15, -0.1) is 0 Å². The van der Waals surface area contributed by atoms with E-state index in [-0.39, 0.29) is 11.8 Å². The number of benzene rings is 2. The van der Waals surface area contributed by atoms with Crippen molar-refractivity contribution in [3.63, 3.8) is 0 Å². The third-order valence-electron chi connectivity index (χ3n) is 5.93. The number of hydrogen-bond donors (Lipinski definition) is 1. The quantitative estimate of drug-likeness (QED) is 0.630. The molecule has 0 radical (unpaired) electrons. The number of amides is 2. The molecular formula is C26H29N5O2. The average molecular weight is 444 g/mol. The third-order valence-corrected chi connectivity index (χ3v) is 5.93. The molecule has 0 bridgehead atoms. The Labute approximate surface area is 194 Å². The van der Waals surface area contributed by atoms with Crippen molar-refractivity contribution in [1.82, 2.24) is 9.88 Å². The Morgan fingerprint density at radius 2 is 1.73 bits per heavy atom. The summed E-state index contributed by atoms with van der Waals surface area (Å²) in [6.07, 6.45) is 1.83. The summed E-state index contributed by atoms with van der Waals surface area (Å²) >= 11 is 0. The van der Waals surface area contributed by atoms with Gasteiger partial charge in [0.15, 0.2) is 0 Å². The van der Waals surface area contributed by atoms with Gasteiger partial charge in [-0.25, -0.2) is 4.98 Å². The number of nitrogens with one attached hydrogen (secondary N) is 1. The molecule has 1 aromatic heterocycles. The van der Waals surface area contributed by atoms with Crippen LogP contribution in [0, 0.1) is 0 Å². The van der Waals surface area contributed by atoms with E-state index in [0.717, 1.165) is 55.5 Å². The molecule has 0 aliphatic carbocycles.